The normalized spacial score (nSPS) is 13.1. The van der Waals surface area contributed by atoms with E-state index in [2.05, 4.69) is 5.32 Å². The van der Waals surface area contributed by atoms with Crippen molar-refractivity contribution in [3.8, 4) is 11.1 Å². The van der Waals surface area contributed by atoms with Crippen molar-refractivity contribution in [3.63, 3.8) is 0 Å². The molecule has 35 heavy (non-hydrogen) atoms. The number of hydrogen-bond donors (Lipinski definition) is 1. The number of amides is 1. The average Bonchev–Trinajstić information content (AvgIpc) is 2.77. The van der Waals surface area contributed by atoms with Crippen LogP contribution in [0.25, 0.3) is 11.1 Å². The van der Waals surface area contributed by atoms with E-state index < -0.39 is 46.6 Å². The monoisotopic (exact) mass is 493 g/mol. The average molecular weight is 493 g/mol. The first-order valence-electron chi connectivity index (χ1n) is 11.1. The fraction of sp³-hybridized carbons (Fsp3) is 0.296. The van der Waals surface area contributed by atoms with E-state index in [1.807, 2.05) is 13.8 Å². The Morgan fingerprint density at radius 2 is 1.46 bits per heavy atom. The van der Waals surface area contributed by atoms with E-state index in [0.29, 0.717) is 23.6 Å². The van der Waals surface area contributed by atoms with Crippen molar-refractivity contribution in [2.75, 3.05) is 5.32 Å². The van der Waals surface area contributed by atoms with E-state index in [9.17, 15) is 31.1 Å². The van der Waals surface area contributed by atoms with Crippen LogP contribution in [-0.4, -0.2) is 5.91 Å². The van der Waals surface area contributed by atoms with E-state index in [1.54, 1.807) is 37.3 Å². The summed E-state index contributed by atoms with van der Waals surface area (Å²) in [5.74, 6) is -1.43. The van der Waals surface area contributed by atoms with Crippen molar-refractivity contribution in [1.82, 2.24) is 0 Å². The molecular formula is C27H25F6NO. The minimum absolute atomic E-state index is 0.0203. The highest BCUT2D eigenvalue weighted by Gasteiger charge is 2.38. The number of rotatable bonds is 6. The highest BCUT2D eigenvalue weighted by Crippen LogP contribution is 2.44. The van der Waals surface area contributed by atoms with E-state index in [0.717, 1.165) is 18.2 Å². The first-order chi connectivity index (χ1) is 16.3. The highest BCUT2D eigenvalue weighted by atomic mass is 19.4. The molecule has 0 spiro atoms. The fourth-order valence-corrected chi connectivity index (χ4v) is 4.13. The van der Waals surface area contributed by atoms with Crippen LogP contribution in [0, 0.1) is 5.92 Å². The topological polar surface area (TPSA) is 29.1 Å². The minimum atomic E-state index is -4.80. The molecule has 3 rings (SSSR count). The van der Waals surface area contributed by atoms with Gasteiger partial charge in [0.25, 0.3) is 5.91 Å². The molecule has 0 saturated carbocycles. The molecule has 0 saturated heterocycles. The van der Waals surface area contributed by atoms with Crippen molar-refractivity contribution in [2.24, 2.45) is 5.92 Å². The summed E-state index contributed by atoms with van der Waals surface area (Å²) in [6.45, 7) is 5.50. The number of nitrogens with one attached hydrogen (secondary N) is 1. The van der Waals surface area contributed by atoms with Crippen LogP contribution in [-0.2, 0) is 12.4 Å². The molecule has 1 N–H and O–H groups in total. The van der Waals surface area contributed by atoms with Crippen molar-refractivity contribution >= 4 is 11.6 Å². The van der Waals surface area contributed by atoms with Crippen molar-refractivity contribution in [2.45, 2.75) is 45.5 Å². The first-order valence-corrected chi connectivity index (χ1v) is 11.1. The zero-order valence-electron chi connectivity index (χ0n) is 19.4. The molecule has 186 valence electrons. The SMILES string of the molecule is CC(C)CC(C)c1cc(-c2ccccc2)cc(NC(=O)c2cccc(C(F)(F)F)c2)c1C(F)(F)F. The van der Waals surface area contributed by atoms with Crippen LogP contribution < -0.4 is 5.32 Å². The van der Waals surface area contributed by atoms with Crippen LogP contribution in [0.4, 0.5) is 32.0 Å². The smallest absolute Gasteiger partial charge is 0.321 e. The van der Waals surface area contributed by atoms with Gasteiger partial charge in [0.15, 0.2) is 0 Å². The molecule has 0 fully saturated rings. The highest BCUT2D eigenvalue weighted by molar-refractivity contribution is 6.05. The molecule has 0 bridgehead atoms. The second-order valence-electron chi connectivity index (χ2n) is 8.92. The molecule has 1 atom stereocenters. The quantitative estimate of drug-likeness (QED) is 0.342. The molecule has 0 radical (unpaired) electrons. The van der Waals surface area contributed by atoms with Crippen LogP contribution in [0.3, 0.4) is 0 Å². The number of anilines is 1. The lowest BCUT2D eigenvalue weighted by Crippen LogP contribution is -2.20. The molecule has 3 aromatic rings. The van der Waals surface area contributed by atoms with Gasteiger partial charge in [0.05, 0.1) is 16.8 Å². The molecule has 0 aliphatic carbocycles. The molecule has 3 aromatic carbocycles. The fourth-order valence-electron chi connectivity index (χ4n) is 4.13. The number of alkyl halides is 6. The number of carbonyl (C=O) groups excluding carboxylic acids is 1. The third-order valence-corrected chi connectivity index (χ3v) is 5.62. The maximum atomic E-state index is 14.3. The van der Waals surface area contributed by atoms with Gasteiger partial charge in [0.2, 0.25) is 0 Å². The number of hydrogen-bond acceptors (Lipinski definition) is 1. The van der Waals surface area contributed by atoms with Gasteiger partial charge in [-0.3, -0.25) is 4.79 Å². The third kappa shape index (κ3) is 6.44. The minimum Gasteiger partial charge on any atom is -0.321 e. The van der Waals surface area contributed by atoms with Crippen LogP contribution in [0.15, 0.2) is 66.7 Å². The largest absolute Gasteiger partial charge is 0.418 e. The molecule has 1 unspecified atom stereocenters. The summed E-state index contributed by atoms with van der Waals surface area (Å²) in [4.78, 5) is 12.8. The number of halogens is 6. The van der Waals surface area contributed by atoms with Gasteiger partial charge in [-0.05, 0) is 59.2 Å². The Hall–Kier alpha value is -3.29. The number of carbonyl (C=O) groups is 1. The molecular weight excluding hydrogens is 468 g/mol. The molecule has 1 amide bonds. The maximum Gasteiger partial charge on any atom is 0.418 e. The van der Waals surface area contributed by atoms with E-state index >= 15 is 0 Å². The first kappa shape index (κ1) is 26.3. The second kappa shape index (κ2) is 10.1. The summed E-state index contributed by atoms with van der Waals surface area (Å²) in [5, 5.41) is 2.24. The Kier molecular flexibility index (Phi) is 7.62. The van der Waals surface area contributed by atoms with Gasteiger partial charge in [0, 0.05) is 5.56 Å². The van der Waals surface area contributed by atoms with Crippen LogP contribution >= 0.6 is 0 Å². The Labute approximate surface area is 200 Å². The Morgan fingerprint density at radius 3 is 2.03 bits per heavy atom. The van der Waals surface area contributed by atoms with Crippen molar-refractivity contribution < 1.29 is 31.1 Å². The zero-order valence-corrected chi connectivity index (χ0v) is 19.4. The molecule has 8 heteroatoms. The molecule has 0 aliphatic heterocycles. The number of benzene rings is 3. The molecule has 0 heterocycles. The summed E-state index contributed by atoms with van der Waals surface area (Å²) < 4.78 is 82.2. The Balaban J connectivity index is 2.17. The van der Waals surface area contributed by atoms with Gasteiger partial charge in [0.1, 0.15) is 0 Å². The van der Waals surface area contributed by atoms with Gasteiger partial charge in [-0.15, -0.1) is 0 Å². The van der Waals surface area contributed by atoms with Crippen molar-refractivity contribution in [3.05, 3.63) is 89.0 Å². The van der Waals surface area contributed by atoms with Crippen LogP contribution in [0.2, 0.25) is 0 Å². The zero-order chi connectivity index (χ0) is 26.0. The maximum absolute atomic E-state index is 14.3. The summed E-state index contributed by atoms with van der Waals surface area (Å²) >= 11 is 0. The lowest BCUT2D eigenvalue weighted by atomic mass is 9.85. The summed E-state index contributed by atoms with van der Waals surface area (Å²) in [6, 6.07) is 15.0. The lowest BCUT2D eigenvalue weighted by Gasteiger charge is -2.24. The third-order valence-electron chi connectivity index (χ3n) is 5.62. The molecule has 0 aliphatic rings. The molecule has 2 nitrogen and oxygen atoms in total. The van der Waals surface area contributed by atoms with Gasteiger partial charge in [-0.25, -0.2) is 0 Å². The van der Waals surface area contributed by atoms with Crippen LogP contribution in [0.5, 0.6) is 0 Å². The summed E-state index contributed by atoms with van der Waals surface area (Å²) in [7, 11) is 0. The standard InChI is InChI=1S/C27H25F6NO/c1-16(2)12-17(3)22-14-20(18-8-5-4-6-9-18)15-23(24(22)27(31,32)33)34-25(35)19-10-7-11-21(13-19)26(28,29)30/h4-11,13-17H,12H2,1-3H3,(H,34,35). The molecule has 0 aromatic heterocycles. The van der Waals surface area contributed by atoms with Crippen LogP contribution in [0.1, 0.15) is 60.2 Å². The lowest BCUT2D eigenvalue weighted by molar-refractivity contribution is -0.138. The predicted molar refractivity (Wildman–Crippen MR) is 124 cm³/mol. The summed E-state index contributed by atoms with van der Waals surface area (Å²) in [5.41, 5.74) is -1.82. The second-order valence-corrected chi connectivity index (χ2v) is 8.92. The van der Waals surface area contributed by atoms with Gasteiger partial charge in [-0.2, -0.15) is 26.3 Å². The van der Waals surface area contributed by atoms with Gasteiger partial charge < -0.3 is 5.32 Å². The van der Waals surface area contributed by atoms with E-state index in [1.165, 1.54) is 12.1 Å². The Morgan fingerprint density at radius 1 is 0.800 bits per heavy atom. The van der Waals surface area contributed by atoms with Gasteiger partial charge >= 0.3 is 12.4 Å². The predicted octanol–water partition coefficient (Wildman–Crippen LogP) is 8.79. The van der Waals surface area contributed by atoms with E-state index in [-0.39, 0.29) is 11.5 Å². The summed E-state index contributed by atoms with van der Waals surface area (Å²) in [6.07, 6.45) is -9.02. The van der Waals surface area contributed by atoms with E-state index in [4.69, 9.17) is 0 Å². The Bertz CT molecular complexity index is 1180. The van der Waals surface area contributed by atoms with Gasteiger partial charge in [-0.1, -0.05) is 63.2 Å². The van der Waals surface area contributed by atoms with Crippen molar-refractivity contribution in [1.29, 1.82) is 0 Å².